The summed E-state index contributed by atoms with van der Waals surface area (Å²) in [5, 5.41) is 2.57. The lowest BCUT2D eigenvalue weighted by molar-refractivity contribution is -0.145. The lowest BCUT2D eigenvalue weighted by Crippen LogP contribution is -2.46. The molecule has 1 aromatic rings. The number of carbonyl (C=O) groups excluding carboxylic acids is 2. The number of rotatable bonds is 5. The quantitative estimate of drug-likeness (QED) is 0.776. The van der Waals surface area contributed by atoms with E-state index in [1.165, 1.54) is 30.5 Å². The van der Waals surface area contributed by atoms with Gasteiger partial charge in [-0.25, -0.2) is 17.6 Å². The average molecular weight is 372 g/mol. The normalized spacial score (nSPS) is 17.7. The van der Waals surface area contributed by atoms with Gasteiger partial charge in [-0.2, -0.15) is 4.31 Å². The lowest BCUT2D eigenvalue weighted by Gasteiger charge is -2.31. The van der Waals surface area contributed by atoms with Crippen LogP contribution in [0.5, 0.6) is 0 Å². The monoisotopic (exact) mass is 372 g/mol. The molecular weight excluding hydrogens is 351 g/mol. The number of benzene rings is 1. The highest BCUT2D eigenvalue weighted by molar-refractivity contribution is 7.89. The summed E-state index contributed by atoms with van der Waals surface area (Å²) in [5.74, 6) is -1.71. The first-order chi connectivity index (χ1) is 11.8. The van der Waals surface area contributed by atoms with E-state index in [9.17, 15) is 22.4 Å². The molecule has 0 spiro atoms. The molecule has 0 radical (unpaired) electrons. The maximum atomic E-state index is 13.0. The number of sulfonamides is 1. The Hall–Kier alpha value is -2.00. The van der Waals surface area contributed by atoms with Crippen LogP contribution in [-0.4, -0.2) is 50.8 Å². The maximum absolute atomic E-state index is 13.0. The third-order valence-corrected chi connectivity index (χ3v) is 6.10. The Morgan fingerprint density at radius 2 is 1.80 bits per heavy atom. The predicted octanol–water partition coefficient (Wildman–Crippen LogP) is 0.904. The molecule has 1 N–H and O–H groups in total. The van der Waals surface area contributed by atoms with Gasteiger partial charge < -0.3 is 10.1 Å². The third-order valence-electron chi connectivity index (χ3n) is 4.19. The topological polar surface area (TPSA) is 92.8 Å². The van der Waals surface area contributed by atoms with E-state index >= 15 is 0 Å². The molecule has 0 aliphatic carbocycles. The zero-order valence-electron chi connectivity index (χ0n) is 14.1. The summed E-state index contributed by atoms with van der Waals surface area (Å²) in [5.41, 5.74) is 0. The van der Waals surface area contributed by atoms with Gasteiger partial charge in [0.15, 0.2) is 0 Å². The summed E-state index contributed by atoms with van der Waals surface area (Å²) >= 11 is 0. The van der Waals surface area contributed by atoms with Crippen LogP contribution in [0.25, 0.3) is 0 Å². The molecule has 7 nitrogen and oxygen atoms in total. The van der Waals surface area contributed by atoms with Crippen molar-refractivity contribution in [3.05, 3.63) is 30.1 Å². The second kappa shape index (κ2) is 7.92. The molecule has 1 amide bonds. The van der Waals surface area contributed by atoms with Crippen molar-refractivity contribution in [3.63, 3.8) is 0 Å². The minimum Gasteiger partial charge on any atom is -0.467 e. The summed E-state index contributed by atoms with van der Waals surface area (Å²) in [7, 11) is -2.47. The number of methoxy groups -OCH3 is 1. The molecule has 25 heavy (non-hydrogen) atoms. The minimum atomic E-state index is -3.71. The van der Waals surface area contributed by atoms with Crippen LogP contribution in [0.1, 0.15) is 19.8 Å². The van der Waals surface area contributed by atoms with Gasteiger partial charge >= 0.3 is 5.97 Å². The van der Waals surface area contributed by atoms with E-state index in [1.54, 1.807) is 0 Å². The number of nitrogens with one attached hydrogen (secondary N) is 1. The molecule has 1 saturated heterocycles. The number of hydrogen-bond donors (Lipinski definition) is 1. The molecule has 138 valence electrons. The molecule has 0 aromatic heterocycles. The SMILES string of the molecule is COC(=O)[C@@H](C)NC(=O)C1CCN(S(=O)(=O)c2ccc(F)cc2)CC1. The van der Waals surface area contributed by atoms with Crippen LogP contribution in [0, 0.1) is 11.7 Å². The minimum absolute atomic E-state index is 0.0242. The lowest BCUT2D eigenvalue weighted by atomic mass is 9.97. The first kappa shape index (κ1) is 19.3. The fourth-order valence-corrected chi connectivity index (χ4v) is 4.15. The number of amides is 1. The van der Waals surface area contributed by atoms with Gasteiger partial charge in [-0.3, -0.25) is 4.79 Å². The highest BCUT2D eigenvalue weighted by Crippen LogP contribution is 2.24. The Bertz CT molecular complexity index is 727. The van der Waals surface area contributed by atoms with Crippen molar-refractivity contribution >= 4 is 21.9 Å². The van der Waals surface area contributed by atoms with Crippen molar-refractivity contribution in [1.82, 2.24) is 9.62 Å². The van der Waals surface area contributed by atoms with E-state index < -0.39 is 27.9 Å². The second-order valence-corrected chi connectivity index (χ2v) is 7.82. The maximum Gasteiger partial charge on any atom is 0.328 e. The van der Waals surface area contributed by atoms with Crippen molar-refractivity contribution in [1.29, 1.82) is 0 Å². The van der Waals surface area contributed by atoms with Crippen LogP contribution in [0.15, 0.2) is 29.2 Å². The summed E-state index contributed by atoms with van der Waals surface area (Å²) in [6.45, 7) is 1.90. The highest BCUT2D eigenvalue weighted by atomic mass is 32.2. The van der Waals surface area contributed by atoms with Crippen LogP contribution in [0.3, 0.4) is 0 Å². The van der Waals surface area contributed by atoms with Gasteiger partial charge in [-0.05, 0) is 44.0 Å². The molecule has 1 fully saturated rings. The van der Waals surface area contributed by atoms with E-state index in [0.29, 0.717) is 12.8 Å². The Morgan fingerprint density at radius 3 is 2.32 bits per heavy atom. The van der Waals surface area contributed by atoms with Crippen molar-refractivity contribution in [3.8, 4) is 0 Å². The first-order valence-electron chi connectivity index (χ1n) is 7.89. The molecule has 9 heteroatoms. The van der Waals surface area contributed by atoms with Crippen molar-refractivity contribution in [2.45, 2.75) is 30.7 Å². The van der Waals surface area contributed by atoms with E-state index in [2.05, 4.69) is 10.1 Å². The van der Waals surface area contributed by atoms with Crippen LogP contribution >= 0.6 is 0 Å². The fourth-order valence-electron chi connectivity index (χ4n) is 2.68. The number of esters is 1. The van der Waals surface area contributed by atoms with Gasteiger partial charge in [0.05, 0.1) is 12.0 Å². The van der Waals surface area contributed by atoms with Crippen LogP contribution < -0.4 is 5.32 Å². The van der Waals surface area contributed by atoms with Crippen molar-refractivity contribution in [2.24, 2.45) is 5.92 Å². The summed E-state index contributed by atoms with van der Waals surface area (Å²) in [6.07, 6.45) is 0.695. The van der Waals surface area contributed by atoms with Gasteiger partial charge in [0.1, 0.15) is 11.9 Å². The average Bonchev–Trinajstić information content (AvgIpc) is 2.61. The fraction of sp³-hybridized carbons (Fsp3) is 0.500. The zero-order valence-corrected chi connectivity index (χ0v) is 14.9. The number of hydrogen-bond acceptors (Lipinski definition) is 5. The highest BCUT2D eigenvalue weighted by Gasteiger charge is 2.33. The largest absolute Gasteiger partial charge is 0.467 e. The van der Waals surface area contributed by atoms with Crippen molar-refractivity contribution < 1.29 is 27.1 Å². The number of ether oxygens (including phenoxy) is 1. The standard InChI is InChI=1S/C16H21FN2O5S/c1-11(16(21)24-2)18-15(20)12-7-9-19(10-8-12)25(22,23)14-5-3-13(17)4-6-14/h3-6,11-12H,7-10H2,1-2H3,(H,18,20)/t11-/m1/s1. The molecule has 0 bridgehead atoms. The van der Waals surface area contributed by atoms with Crippen molar-refractivity contribution in [2.75, 3.05) is 20.2 Å². The molecule has 1 atom stereocenters. The number of piperidine rings is 1. The van der Waals surface area contributed by atoms with E-state index in [1.807, 2.05) is 0 Å². The number of nitrogens with zero attached hydrogens (tertiary/aromatic N) is 1. The molecule has 1 aromatic carbocycles. The Morgan fingerprint density at radius 1 is 1.24 bits per heavy atom. The summed E-state index contributed by atoms with van der Waals surface area (Å²) in [4.78, 5) is 23.5. The van der Waals surface area contributed by atoms with Gasteiger partial charge in [0, 0.05) is 19.0 Å². The molecule has 1 aliphatic heterocycles. The van der Waals surface area contributed by atoms with Gasteiger partial charge in [0.2, 0.25) is 15.9 Å². The van der Waals surface area contributed by atoms with Gasteiger partial charge in [0.25, 0.3) is 0 Å². The zero-order chi connectivity index (χ0) is 18.6. The summed E-state index contributed by atoms with van der Waals surface area (Å²) in [6, 6.07) is 3.89. The smallest absolute Gasteiger partial charge is 0.328 e. The molecule has 2 rings (SSSR count). The Kier molecular flexibility index (Phi) is 6.12. The van der Waals surface area contributed by atoms with E-state index in [0.717, 1.165) is 12.1 Å². The van der Waals surface area contributed by atoms with Gasteiger partial charge in [-0.1, -0.05) is 0 Å². The molecule has 0 saturated carbocycles. The number of carbonyl (C=O) groups is 2. The van der Waals surface area contributed by atoms with E-state index in [-0.39, 0.29) is 29.8 Å². The molecule has 1 aliphatic rings. The second-order valence-electron chi connectivity index (χ2n) is 5.89. The molecule has 1 heterocycles. The van der Waals surface area contributed by atoms with Gasteiger partial charge in [-0.15, -0.1) is 0 Å². The first-order valence-corrected chi connectivity index (χ1v) is 9.33. The Labute approximate surface area is 146 Å². The Balaban J connectivity index is 1.96. The van der Waals surface area contributed by atoms with E-state index in [4.69, 9.17) is 0 Å². The third kappa shape index (κ3) is 4.55. The number of halogens is 1. The van der Waals surface area contributed by atoms with Crippen LogP contribution in [0.4, 0.5) is 4.39 Å². The summed E-state index contributed by atoms with van der Waals surface area (Å²) < 4.78 is 43.8. The molecular formula is C16H21FN2O5S. The van der Waals surface area contributed by atoms with Crippen LogP contribution in [-0.2, 0) is 24.3 Å². The van der Waals surface area contributed by atoms with Crippen LogP contribution in [0.2, 0.25) is 0 Å². The predicted molar refractivity (Wildman–Crippen MR) is 87.5 cm³/mol. The molecule has 0 unspecified atom stereocenters.